The fraction of sp³-hybridized carbons (Fsp3) is 0.519. The van der Waals surface area contributed by atoms with Gasteiger partial charge in [-0.15, -0.1) is 0 Å². The van der Waals surface area contributed by atoms with Crippen LogP contribution in [0.5, 0.6) is 0 Å². The van der Waals surface area contributed by atoms with Crippen LogP contribution in [-0.2, 0) is 10.2 Å². The van der Waals surface area contributed by atoms with Crippen molar-refractivity contribution in [2.45, 2.75) is 71.3 Å². The number of rotatable bonds is 6. The van der Waals surface area contributed by atoms with Crippen molar-refractivity contribution in [1.29, 1.82) is 0 Å². The quantitative estimate of drug-likeness (QED) is 0.672. The highest BCUT2D eigenvalue weighted by atomic mass is 19.1. The van der Waals surface area contributed by atoms with Crippen LogP contribution in [0.2, 0.25) is 0 Å². The van der Waals surface area contributed by atoms with Crippen LogP contribution >= 0.6 is 0 Å². The largest absolute Gasteiger partial charge is 0.341 e. The van der Waals surface area contributed by atoms with Gasteiger partial charge in [-0.25, -0.2) is 4.39 Å². The van der Waals surface area contributed by atoms with Gasteiger partial charge in [0.15, 0.2) is 0 Å². The molecule has 0 saturated carbocycles. The van der Waals surface area contributed by atoms with Crippen LogP contribution in [0.1, 0.15) is 66.8 Å². The number of nitrogens with one attached hydrogen (secondary N) is 1. The van der Waals surface area contributed by atoms with E-state index in [9.17, 15) is 9.18 Å². The Morgan fingerprint density at radius 3 is 2.32 bits per heavy atom. The Morgan fingerprint density at radius 1 is 1.10 bits per heavy atom. The Balaban J connectivity index is 1.99. The van der Waals surface area contributed by atoms with Gasteiger partial charge in [0.25, 0.3) is 0 Å². The van der Waals surface area contributed by atoms with Gasteiger partial charge in [-0.1, -0.05) is 49.2 Å². The molecule has 0 aromatic heterocycles. The molecule has 168 valence electrons. The molecule has 2 atom stereocenters. The number of carbonyl (C=O) groups is 1. The summed E-state index contributed by atoms with van der Waals surface area (Å²) in [5.74, 6) is 0.130. The van der Waals surface area contributed by atoms with Gasteiger partial charge in [0.1, 0.15) is 5.82 Å². The van der Waals surface area contributed by atoms with E-state index in [0.29, 0.717) is 0 Å². The molecule has 0 spiro atoms. The summed E-state index contributed by atoms with van der Waals surface area (Å²) in [6.45, 7) is 12.1. The fourth-order valence-corrected chi connectivity index (χ4v) is 5.50. The number of amides is 1. The zero-order valence-corrected chi connectivity index (χ0v) is 19.9. The molecule has 0 bridgehead atoms. The van der Waals surface area contributed by atoms with E-state index in [4.69, 9.17) is 0 Å². The smallest absolute Gasteiger partial charge is 0.233 e. The van der Waals surface area contributed by atoms with Gasteiger partial charge in [0.2, 0.25) is 5.91 Å². The van der Waals surface area contributed by atoms with Crippen molar-refractivity contribution in [3.8, 4) is 0 Å². The van der Waals surface area contributed by atoms with Crippen molar-refractivity contribution in [1.82, 2.24) is 10.2 Å². The molecule has 31 heavy (non-hydrogen) atoms. The van der Waals surface area contributed by atoms with E-state index in [2.05, 4.69) is 51.2 Å². The zero-order chi connectivity index (χ0) is 22.8. The van der Waals surface area contributed by atoms with Crippen molar-refractivity contribution in [2.24, 2.45) is 0 Å². The van der Waals surface area contributed by atoms with Crippen LogP contribution in [0.15, 0.2) is 36.4 Å². The number of likely N-dealkylation sites (N-methyl/N-ethyl adjacent to an activating group) is 1. The molecule has 2 aromatic rings. The summed E-state index contributed by atoms with van der Waals surface area (Å²) in [7, 11) is 1.97. The third kappa shape index (κ3) is 4.55. The van der Waals surface area contributed by atoms with E-state index in [1.165, 1.54) is 17.2 Å². The summed E-state index contributed by atoms with van der Waals surface area (Å²) in [5.41, 5.74) is 5.06. The molecule has 4 heteroatoms. The summed E-state index contributed by atoms with van der Waals surface area (Å²) >= 11 is 0. The van der Waals surface area contributed by atoms with Crippen LogP contribution in [0.3, 0.4) is 0 Å². The average Bonchev–Trinajstić information content (AvgIpc) is 2.74. The Hall–Kier alpha value is -2.20. The van der Waals surface area contributed by atoms with E-state index in [1.54, 1.807) is 6.07 Å². The molecular formula is C27H37FN2O. The van der Waals surface area contributed by atoms with E-state index < -0.39 is 5.41 Å². The molecule has 0 unspecified atom stereocenters. The minimum absolute atomic E-state index is 0.0845. The number of benzene rings is 2. The Labute approximate surface area is 187 Å². The third-order valence-corrected chi connectivity index (χ3v) is 7.29. The monoisotopic (exact) mass is 424 g/mol. The van der Waals surface area contributed by atoms with E-state index in [0.717, 1.165) is 49.0 Å². The van der Waals surface area contributed by atoms with E-state index in [-0.39, 0.29) is 23.7 Å². The van der Waals surface area contributed by atoms with Gasteiger partial charge in [-0.3, -0.25) is 4.79 Å². The topological polar surface area (TPSA) is 32.3 Å². The summed E-state index contributed by atoms with van der Waals surface area (Å²) in [6, 6.07) is 11.6. The van der Waals surface area contributed by atoms with Crippen molar-refractivity contribution in [3.05, 3.63) is 70.0 Å². The summed E-state index contributed by atoms with van der Waals surface area (Å²) in [6.07, 6.45) is 2.42. The Kier molecular flexibility index (Phi) is 7.20. The van der Waals surface area contributed by atoms with Crippen molar-refractivity contribution >= 4 is 5.91 Å². The first-order chi connectivity index (χ1) is 14.7. The number of halogens is 1. The molecule has 1 fully saturated rings. The fourth-order valence-electron chi connectivity index (χ4n) is 5.50. The lowest BCUT2D eigenvalue weighted by molar-refractivity contribution is -0.139. The lowest BCUT2D eigenvalue weighted by Gasteiger charge is -2.43. The van der Waals surface area contributed by atoms with E-state index >= 15 is 0 Å². The third-order valence-electron chi connectivity index (χ3n) is 7.29. The number of piperidine rings is 1. The van der Waals surface area contributed by atoms with Gasteiger partial charge in [0.05, 0.1) is 5.41 Å². The second-order valence-corrected chi connectivity index (χ2v) is 9.25. The first kappa shape index (κ1) is 23.5. The van der Waals surface area contributed by atoms with E-state index in [1.807, 2.05) is 24.9 Å². The van der Waals surface area contributed by atoms with Crippen LogP contribution in [0.25, 0.3) is 0 Å². The standard InChI is InChI=1S/C27H37FN2O/c1-7-27(8-2,21-14-18(3)13-19(4)15-21)26(31)30(6)25-11-12-29-17-24(25)23-10-9-22(28)16-20(23)5/h9-10,13-16,24-25,29H,7-8,11-12,17H2,1-6H3/t24-,25+/m1/s1. The van der Waals surface area contributed by atoms with Crippen LogP contribution < -0.4 is 5.32 Å². The minimum atomic E-state index is -0.529. The highest BCUT2D eigenvalue weighted by Gasteiger charge is 2.43. The highest BCUT2D eigenvalue weighted by molar-refractivity contribution is 5.88. The summed E-state index contributed by atoms with van der Waals surface area (Å²) in [5, 5.41) is 3.48. The molecule has 1 amide bonds. The SMILES string of the molecule is CCC(CC)(C(=O)N(C)[C@H]1CCNC[C@@H]1c1ccc(F)cc1C)c1cc(C)cc(C)c1. The number of hydrogen-bond donors (Lipinski definition) is 1. The zero-order valence-electron chi connectivity index (χ0n) is 19.9. The number of nitrogens with zero attached hydrogens (tertiary/aromatic N) is 1. The van der Waals surface area contributed by atoms with Crippen LogP contribution in [0.4, 0.5) is 4.39 Å². The van der Waals surface area contributed by atoms with Gasteiger partial charge < -0.3 is 10.2 Å². The maximum absolute atomic E-state index is 14.1. The molecule has 1 N–H and O–H groups in total. The molecular weight excluding hydrogens is 387 g/mol. The van der Waals surface area contributed by atoms with Gasteiger partial charge in [-0.05, 0) is 75.4 Å². The van der Waals surface area contributed by atoms with Crippen molar-refractivity contribution < 1.29 is 9.18 Å². The lowest BCUT2D eigenvalue weighted by Crippen LogP contribution is -2.54. The number of carbonyl (C=O) groups excluding carboxylic acids is 1. The molecule has 0 radical (unpaired) electrons. The van der Waals surface area contributed by atoms with Gasteiger partial charge >= 0.3 is 0 Å². The summed E-state index contributed by atoms with van der Waals surface area (Å²) in [4.78, 5) is 16.1. The molecule has 3 nitrogen and oxygen atoms in total. The predicted molar refractivity (Wildman–Crippen MR) is 126 cm³/mol. The Morgan fingerprint density at radius 2 is 1.74 bits per heavy atom. The predicted octanol–water partition coefficient (Wildman–Crippen LogP) is 5.41. The van der Waals surface area contributed by atoms with Crippen LogP contribution in [-0.4, -0.2) is 37.0 Å². The normalized spacial score (nSPS) is 19.3. The molecule has 3 rings (SSSR count). The van der Waals surface area contributed by atoms with Crippen LogP contribution in [0, 0.1) is 26.6 Å². The van der Waals surface area contributed by atoms with Crippen molar-refractivity contribution in [2.75, 3.05) is 20.1 Å². The lowest BCUT2D eigenvalue weighted by atomic mass is 9.73. The number of hydrogen-bond acceptors (Lipinski definition) is 2. The molecule has 1 saturated heterocycles. The molecule has 1 aliphatic rings. The Bertz CT molecular complexity index is 915. The van der Waals surface area contributed by atoms with Gasteiger partial charge in [-0.2, -0.15) is 0 Å². The maximum Gasteiger partial charge on any atom is 0.233 e. The first-order valence-electron chi connectivity index (χ1n) is 11.6. The second kappa shape index (κ2) is 9.52. The second-order valence-electron chi connectivity index (χ2n) is 9.25. The maximum atomic E-state index is 14.1. The molecule has 0 aliphatic carbocycles. The van der Waals surface area contributed by atoms with Crippen molar-refractivity contribution in [3.63, 3.8) is 0 Å². The molecule has 2 aromatic carbocycles. The number of aryl methyl sites for hydroxylation is 3. The minimum Gasteiger partial charge on any atom is -0.341 e. The average molecular weight is 425 g/mol. The molecule has 1 heterocycles. The molecule has 1 aliphatic heterocycles. The first-order valence-corrected chi connectivity index (χ1v) is 11.6. The van der Waals surface area contributed by atoms with Gasteiger partial charge in [0, 0.05) is 25.6 Å². The highest BCUT2D eigenvalue weighted by Crippen LogP contribution is 2.38. The summed E-state index contributed by atoms with van der Waals surface area (Å²) < 4.78 is 13.7.